The number of carbonyl (C=O) groups excluding carboxylic acids is 3. The molecule has 0 bridgehead atoms. The molecule has 0 unspecified atom stereocenters. The second kappa shape index (κ2) is 10.2. The summed E-state index contributed by atoms with van der Waals surface area (Å²) in [4.78, 5) is 33.5. The molecule has 29 heavy (non-hydrogen) atoms. The van der Waals surface area contributed by atoms with Crippen molar-refractivity contribution >= 4 is 17.9 Å². The molecule has 0 saturated heterocycles. The minimum Gasteiger partial charge on any atom is -0.463 e. The summed E-state index contributed by atoms with van der Waals surface area (Å²) in [5.74, 6) is -1.32. The van der Waals surface area contributed by atoms with Gasteiger partial charge in [0.2, 0.25) is 0 Å². The Morgan fingerprint density at radius 1 is 0.897 bits per heavy atom. The topological polar surface area (TPSA) is 97.4 Å². The van der Waals surface area contributed by atoms with Crippen LogP contribution >= 0.6 is 0 Å². The summed E-state index contributed by atoms with van der Waals surface area (Å²) in [7, 11) is 0. The van der Waals surface area contributed by atoms with E-state index in [2.05, 4.69) is 13.2 Å². The first kappa shape index (κ1) is 22.6. The van der Waals surface area contributed by atoms with Gasteiger partial charge < -0.3 is 23.7 Å². The summed E-state index contributed by atoms with van der Waals surface area (Å²) in [6, 6.07) is 0. The highest BCUT2D eigenvalue weighted by molar-refractivity contribution is 5.67. The third-order valence-electron chi connectivity index (χ3n) is 4.27. The van der Waals surface area contributed by atoms with E-state index in [0.717, 1.165) is 0 Å². The zero-order valence-corrected chi connectivity index (χ0v) is 16.8. The van der Waals surface area contributed by atoms with Crippen molar-refractivity contribution in [2.45, 2.75) is 51.3 Å². The van der Waals surface area contributed by atoms with E-state index in [1.165, 1.54) is 20.8 Å². The lowest BCUT2D eigenvalue weighted by Gasteiger charge is -2.34. The van der Waals surface area contributed by atoms with Gasteiger partial charge in [-0.1, -0.05) is 25.3 Å². The fourth-order valence-electron chi connectivity index (χ4n) is 2.89. The zero-order chi connectivity index (χ0) is 21.6. The summed E-state index contributed by atoms with van der Waals surface area (Å²) in [5, 5.41) is 0. The fourth-order valence-corrected chi connectivity index (χ4v) is 2.89. The quantitative estimate of drug-likeness (QED) is 0.273. The molecule has 0 N–H and O–H groups in total. The first-order chi connectivity index (χ1) is 13.7. The lowest BCUT2D eigenvalue weighted by Crippen LogP contribution is -2.42. The highest BCUT2D eigenvalue weighted by Gasteiger charge is 2.33. The van der Waals surface area contributed by atoms with E-state index in [4.69, 9.17) is 23.7 Å². The Hall–Kier alpha value is -2.71. The van der Waals surface area contributed by atoms with Crippen LogP contribution < -0.4 is 0 Å². The van der Waals surface area contributed by atoms with Gasteiger partial charge in [0, 0.05) is 20.8 Å². The minimum atomic E-state index is -0.682. The predicted octanol–water partition coefficient (Wildman–Crippen LogP) is 1.80. The molecule has 2 heterocycles. The number of ether oxygens (including phenoxy) is 5. The summed E-state index contributed by atoms with van der Waals surface area (Å²) in [6.45, 7) is 12.1. The van der Waals surface area contributed by atoms with Crippen LogP contribution in [0, 0.1) is 0 Å². The number of esters is 3. The maximum Gasteiger partial charge on any atom is 0.303 e. The van der Waals surface area contributed by atoms with Gasteiger partial charge in [0.05, 0.1) is 6.61 Å². The molecule has 0 aromatic heterocycles. The van der Waals surface area contributed by atoms with Gasteiger partial charge in [0.1, 0.15) is 37.1 Å². The lowest BCUT2D eigenvalue weighted by molar-refractivity contribution is -0.161. The molecule has 2 aliphatic rings. The summed E-state index contributed by atoms with van der Waals surface area (Å²) < 4.78 is 27.0. The van der Waals surface area contributed by atoms with E-state index in [1.54, 1.807) is 24.3 Å². The van der Waals surface area contributed by atoms with Crippen molar-refractivity contribution in [3.8, 4) is 0 Å². The lowest BCUT2D eigenvalue weighted by atomic mass is 9.94. The molecular formula is C21H26O8. The normalized spacial score (nSPS) is 28.3. The standard InChI is InChI=1S/C21H26O8/c1-12(18-7-6-17(10-26-18)27-15(4)23)13(2)19-8-9-20(28-16(5)24)21(29-19)11-25-14(3)22/h6-9,17-21H,1-2,10-11H2,3-5H3/t17-,18+,19-,20+,21+/m0/s1. The van der Waals surface area contributed by atoms with E-state index in [9.17, 15) is 14.4 Å². The number of carbonyl (C=O) groups is 3. The summed E-state index contributed by atoms with van der Waals surface area (Å²) in [5.41, 5.74) is 1.16. The molecule has 8 nitrogen and oxygen atoms in total. The van der Waals surface area contributed by atoms with Crippen molar-refractivity contribution < 1.29 is 38.1 Å². The minimum absolute atomic E-state index is 0.0717. The zero-order valence-electron chi connectivity index (χ0n) is 16.8. The van der Waals surface area contributed by atoms with Crippen LogP contribution in [-0.4, -0.2) is 61.6 Å². The van der Waals surface area contributed by atoms with Gasteiger partial charge in [-0.3, -0.25) is 14.4 Å². The number of rotatable bonds is 7. The molecule has 0 aromatic carbocycles. The van der Waals surface area contributed by atoms with Crippen molar-refractivity contribution in [1.29, 1.82) is 0 Å². The van der Waals surface area contributed by atoms with Crippen LogP contribution in [0.1, 0.15) is 20.8 Å². The maximum atomic E-state index is 11.3. The smallest absolute Gasteiger partial charge is 0.303 e. The second-order valence-electron chi connectivity index (χ2n) is 6.69. The van der Waals surface area contributed by atoms with Gasteiger partial charge in [-0.15, -0.1) is 0 Å². The van der Waals surface area contributed by atoms with Gasteiger partial charge in [0.25, 0.3) is 0 Å². The summed E-state index contributed by atoms with van der Waals surface area (Å²) >= 11 is 0. The highest BCUT2D eigenvalue weighted by Crippen LogP contribution is 2.28. The average Bonchev–Trinajstić information content (AvgIpc) is 2.65. The molecule has 0 aromatic rings. The first-order valence-corrected chi connectivity index (χ1v) is 9.16. The maximum absolute atomic E-state index is 11.3. The van der Waals surface area contributed by atoms with Gasteiger partial charge in [0.15, 0.2) is 0 Å². The summed E-state index contributed by atoms with van der Waals surface area (Å²) in [6.07, 6.45) is 4.07. The number of hydrogen-bond acceptors (Lipinski definition) is 8. The van der Waals surface area contributed by atoms with Crippen LogP contribution in [0.15, 0.2) is 48.6 Å². The van der Waals surface area contributed by atoms with Crippen molar-refractivity contribution in [1.82, 2.24) is 0 Å². The Kier molecular flexibility index (Phi) is 7.92. The van der Waals surface area contributed by atoms with Crippen LogP contribution in [0.3, 0.4) is 0 Å². The van der Waals surface area contributed by atoms with Crippen LogP contribution in [-0.2, 0) is 38.1 Å². The highest BCUT2D eigenvalue weighted by atomic mass is 16.6. The van der Waals surface area contributed by atoms with E-state index in [1.807, 2.05) is 0 Å². The molecule has 0 saturated carbocycles. The fraction of sp³-hybridized carbons (Fsp3) is 0.476. The molecule has 0 aliphatic carbocycles. The third kappa shape index (κ3) is 6.69. The van der Waals surface area contributed by atoms with Crippen LogP contribution in [0.2, 0.25) is 0 Å². The van der Waals surface area contributed by atoms with E-state index in [-0.39, 0.29) is 19.2 Å². The van der Waals surface area contributed by atoms with Gasteiger partial charge >= 0.3 is 17.9 Å². The Balaban J connectivity index is 2.03. The molecule has 158 valence electrons. The molecule has 0 spiro atoms. The van der Waals surface area contributed by atoms with E-state index < -0.39 is 42.5 Å². The van der Waals surface area contributed by atoms with Crippen LogP contribution in [0.5, 0.6) is 0 Å². The average molecular weight is 406 g/mol. The largest absolute Gasteiger partial charge is 0.463 e. The third-order valence-corrected chi connectivity index (χ3v) is 4.27. The van der Waals surface area contributed by atoms with E-state index >= 15 is 0 Å². The Morgan fingerprint density at radius 3 is 2.07 bits per heavy atom. The molecule has 0 amide bonds. The molecule has 2 aliphatic heterocycles. The molecule has 5 atom stereocenters. The molecule has 0 radical (unpaired) electrons. The van der Waals surface area contributed by atoms with Crippen molar-refractivity contribution in [2.24, 2.45) is 0 Å². The molecule has 0 fully saturated rings. The Labute approximate surface area is 169 Å². The predicted molar refractivity (Wildman–Crippen MR) is 103 cm³/mol. The van der Waals surface area contributed by atoms with Crippen molar-refractivity contribution in [3.63, 3.8) is 0 Å². The van der Waals surface area contributed by atoms with Crippen LogP contribution in [0.4, 0.5) is 0 Å². The Bertz CT molecular complexity index is 735. The second-order valence-corrected chi connectivity index (χ2v) is 6.69. The van der Waals surface area contributed by atoms with Gasteiger partial charge in [-0.05, 0) is 23.3 Å². The Morgan fingerprint density at radius 2 is 1.52 bits per heavy atom. The monoisotopic (exact) mass is 406 g/mol. The number of hydrogen-bond donors (Lipinski definition) is 0. The molecule has 2 rings (SSSR count). The SMILES string of the molecule is C=C(C(=C)[C@H]1C=C[C@H](OC(C)=O)CO1)[C@@H]1C=C[C@@H](OC(C)=O)[C@@H](COC(C)=O)O1. The van der Waals surface area contributed by atoms with Crippen LogP contribution in [0.25, 0.3) is 0 Å². The van der Waals surface area contributed by atoms with Crippen molar-refractivity contribution in [2.75, 3.05) is 13.2 Å². The molecule has 8 heteroatoms. The van der Waals surface area contributed by atoms with Gasteiger partial charge in [-0.2, -0.15) is 0 Å². The van der Waals surface area contributed by atoms with Gasteiger partial charge in [-0.25, -0.2) is 0 Å². The first-order valence-electron chi connectivity index (χ1n) is 9.16. The van der Waals surface area contributed by atoms with Crippen molar-refractivity contribution in [3.05, 3.63) is 48.6 Å². The van der Waals surface area contributed by atoms with E-state index in [0.29, 0.717) is 11.1 Å². The molecular weight excluding hydrogens is 380 g/mol.